The first-order valence-corrected chi connectivity index (χ1v) is 8.06. The molecule has 1 amide bonds. The lowest BCUT2D eigenvalue weighted by molar-refractivity contribution is 0.0921. The molecule has 1 saturated carbocycles. The highest BCUT2D eigenvalue weighted by Crippen LogP contribution is 2.42. The van der Waals surface area contributed by atoms with Crippen LogP contribution in [0, 0.1) is 18.3 Å². The number of carbonyl (C=O) groups excluding carboxylic acids is 1. The van der Waals surface area contributed by atoms with Gasteiger partial charge in [0.25, 0.3) is 5.91 Å². The minimum absolute atomic E-state index is 0.0301. The van der Waals surface area contributed by atoms with Crippen molar-refractivity contribution < 1.29 is 4.79 Å². The van der Waals surface area contributed by atoms with Crippen molar-refractivity contribution in [3.63, 3.8) is 0 Å². The molecule has 0 atom stereocenters. The molecule has 2 rings (SSSR count). The van der Waals surface area contributed by atoms with Crippen molar-refractivity contribution in [3.8, 4) is 0 Å². The standard InChI is InChI=1S/C18H28N2O/c1-13(2)11-18(8-4-5-9-18)12-20-17(21)16-7-6-15(19)10-14(16)3/h6-7,10,13H,4-5,8-9,11-12,19H2,1-3H3,(H,20,21). The highest BCUT2D eigenvalue weighted by Gasteiger charge is 2.34. The van der Waals surface area contributed by atoms with Crippen LogP contribution in [-0.4, -0.2) is 12.5 Å². The van der Waals surface area contributed by atoms with Gasteiger partial charge in [0, 0.05) is 17.8 Å². The summed E-state index contributed by atoms with van der Waals surface area (Å²) in [6, 6.07) is 5.47. The summed E-state index contributed by atoms with van der Waals surface area (Å²) in [5.74, 6) is 0.709. The van der Waals surface area contributed by atoms with Gasteiger partial charge in [-0.15, -0.1) is 0 Å². The van der Waals surface area contributed by atoms with E-state index in [0.717, 1.165) is 17.7 Å². The largest absolute Gasteiger partial charge is 0.399 e. The molecule has 1 aromatic rings. The predicted molar refractivity (Wildman–Crippen MR) is 88.3 cm³/mol. The maximum Gasteiger partial charge on any atom is 0.251 e. The maximum absolute atomic E-state index is 12.4. The molecule has 0 aromatic heterocycles. The van der Waals surface area contributed by atoms with E-state index in [1.165, 1.54) is 32.1 Å². The number of hydrogen-bond acceptors (Lipinski definition) is 2. The van der Waals surface area contributed by atoms with Gasteiger partial charge in [-0.3, -0.25) is 4.79 Å². The summed E-state index contributed by atoms with van der Waals surface area (Å²) >= 11 is 0. The van der Waals surface area contributed by atoms with Gasteiger partial charge in [0.05, 0.1) is 0 Å². The molecule has 0 spiro atoms. The van der Waals surface area contributed by atoms with E-state index in [0.29, 0.717) is 17.0 Å². The Hall–Kier alpha value is -1.51. The highest BCUT2D eigenvalue weighted by molar-refractivity contribution is 5.96. The van der Waals surface area contributed by atoms with Crippen LogP contribution in [0.15, 0.2) is 18.2 Å². The first-order valence-electron chi connectivity index (χ1n) is 8.06. The normalized spacial score (nSPS) is 17.1. The van der Waals surface area contributed by atoms with Gasteiger partial charge < -0.3 is 11.1 Å². The molecular formula is C18H28N2O. The molecule has 0 saturated heterocycles. The lowest BCUT2D eigenvalue weighted by atomic mass is 9.78. The third-order valence-corrected chi connectivity index (χ3v) is 4.62. The molecular weight excluding hydrogens is 260 g/mol. The number of nitrogen functional groups attached to an aromatic ring is 1. The molecule has 1 fully saturated rings. The number of nitrogens with one attached hydrogen (secondary N) is 1. The van der Waals surface area contributed by atoms with Crippen molar-refractivity contribution in [1.82, 2.24) is 5.32 Å². The zero-order valence-corrected chi connectivity index (χ0v) is 13.5. The Labute approximate surface area is 128 Å². The van der Waals surface area contributed by atoms with Gasteiger partial charge in [-0.05, 0) is 61.3 Å². The van der Waals surface area contributed by atoms with E-state index in [1.807, 2.05) is 19.1 Å². The van der Waals surface area contributed by atoms with E-state index in [-0.39, 0.29) is 5.91 Å². The number of aryl methyl sites for hydroxylation is 1. The second-order valence-electron chi connectivity index (χ2n) is 7.06. The topological polar surface area (TPSA) is 55.1 Å². The Morgan fingerprint density at radius 3 is 2.57 bits per heavy atom. The van der Waals surface area contributed by atoms with E-state index < -0.39 is 0 Å². The molecule has 21 heavy (non-hydrogen) atoms. The van der Waals surface area contributed by atoms with Crippen LogP contribution in [-0.2, 0) is 0 Å². The number of hydrogen-bond donors (Lipinski definition) is 2. The third kappa shape index (κ3) is 3.99. The molecule has 3 heteroatoms. The van der Waals surface area contributed by atoms with Gasteiger partial charge in [0.1, 0.15) is 0 Å². The van der Waals surface area contributed by atoms with Crippen LogP contribution in [0.25, 0.3) is 0 Å². The van der Waals surface area contributed by atoms with Gasteiger partial charge >= 0.3 is 0 Å². The number of nitrogens with two attached hydrogens (primary N) is 1. The lowest BCUT2D eigenvalue weighted by Gasteiger charge is -2.31. The van der Waals surface area contributed by atoms with Crippen molar-refractivity contribution in [2.75, 3.05) is 12.3 Å². The van der Waals surface area contributed by atoms with Gasteiger partial charge in [-0.1, -0.05) is 26.7 Å². The lowest BCUT2D eigenvalue weighted by Crippen LogP contribution is -2.37. The van der Waals surface area contributed by atoms with Crippen molar-refractivity contribution in [3.05, 3.63) is 29.3 Å². The van der Waals surface area contributed by atoms with Crippen LogP contribution in [0.3, 0.4) is 0 Å². The van der Waals surface area contributed by atoms with Gasteiger partial charge in [-0.2, -0.15) is 0 Å². The molecule has 0 heterocycles. The van der Waals surface area contributed by atoms with E-state index in [1.54, 1.807) is 6.07 Å². The van der Waals surface area contributed by atoms with E-state index >= 15 is 0 Å². The summed E-state index contributed by atoms with van der Waals surface area (Å²) in [7, 11) is 0. The molecule has 1 aliphatic carbocycles. The molecule has 0 bridgehead atoms. The molecule has 0 radical (unpaired) electrons. The first-order chi connectivity index (χ1) is 9.92. The van der Waals surface area contributed by atoms with Crippen LogP contribution < -0.4 is 11.1 Å². The summed E-state index contributed by atoms with van der Waals surface area (Å²) in [5.41, 5.74) is 8.44. The Morgan fingerprint density at radius 1 is 1.33 bits per heavy atom. The van der Waals surface area contributed by atoms with E-state index in [9.17, 15) is 4.79 Å². The monoisotopic (exact) mass is 288 g/mol. The number of amides is 1. The van der Waals surface area contributed by atoms with Gasteiger partial charge in [-0.25, -0.2) is 0 Å². The Bertz CT molecular complexity index is 502. The quantitative estimate of drug-likeness (QED) is 0.807. The zero-order chi connectivity index (χ0) is 15.5. The summed E-state index contributed by atoms with van der Waals surface area (Å²) in [4.78, 5) is 12.4. The smallest absolute Gasteiger partial charge is 0.251 e. The fourth-order valence-corrected chi connectivity index (χ4v) is 3.75. The maximum atomic E-state index is 12.4. The summed E-state index contributed by atoms with van der Waals surface area (Å²) in [6.07, 6.45) is 6.28. The minimum atomic E-state index is 0.0301. The van der Waals surface area contributed by atoms with Crippen LogP contribution in [0.2, 0.25) is 0 Å². The molecule has 1 aromatic carbocycles. The van der Waals surface area contributed by atoms with Gasteiger partial charge in [0.2, 0.25) is 0 Å². The van der Waals surface area contributed by atoms with Crippen molar-refractivity contribution >= 4 is 11.6 Å². The van der Waals surface area contributed by atoms with Crippen LogP contribution in [0.4, 0.5) is 5.69 Å². The second kappa shape index (κ2) is 6.50. The number of rotatable bonds is 5. The highest BCUT2D eigenvalue weighted by atomic mass is 16.1. The summed E-state index contributed by atoms with van der Waals surface area (Å²) in [5, 5.41) is 3.17. The van der Waals surface area contributed by atoms with E-state index in [4.69, 9.17) is 5.73 Å². The van der Waals surface area contributed by atoms with Crippen molar-refractivity contribution in [1.29, 1.82) is 0 Å². The van der Waals surface area contributed by atoms with Crippen LogP contribution in [0.1, 0.15) is 61.9 Å². The molecule has 116 valence electrons. The number of benzene rings is 1. The SMILES string of the molecule is Cc1cc(N)ccc1C(=O)NCC1(CC(C)C)CCCC1. The molecule has 0 unspecified atom stereocenters. The minimum Gasteiger partial charge on any atom is -0.399 e. The fourth-order valence-electron chi connectivity index (χ4n) is 3.75. The van der Waals surface area contributed by atoms with Crippen LogP contribution in [0.5, 0.6) is 0 Å². The Morgan fingerprint density at radius 2 is 2.00 bits per heavy atom. The molecule has 3 N–H and O–H groups in total. The first kappa shape index (κ1) is 15.9. The number of anilines is 1. The average molecular weight is 288 g/mol. The summed E-state index contributed by atoms with van der Waals surface area (Å²) < 4.78 is 0. The average Bonchev–Trinajstić information content (AvgIpc) is 2.84. The number of carbonyl (C=O) groups is 1. The Kier molecular flexibility index (Phi) is 4.92. The van der Waals surface area contributed by atoms with Crippen molar-refractivity contribution in [2.45, 2.75) is 52.9 Å². The zero-order valence-electron chi connectivity index (χ0n) is 13.5. The molecule has 3 nitrogen and oxygen atoms in total. The third-order valence-electron chi connectivity index (χ3n) is 4.62. The fraction of sp³-hybridized carbons (Fsp3) is 0.611. The van der Waals surface area contributed by atoms with Crippen molar-refractivity contribution in [2.24, 2.45) is 11.3 Å². The van der Waals surface area contributed by atoms with E-state index in [2.05, 4.69) is 19.2 Å². The summed E-state index contributed by atoms with van der Waals surface area (Å²) in [6.45, 7) is 7.27. The second-order valence-corrected chi connectivity index (χ2v) is 7.06. The molecule has 0 aliphatic heterocycles. The van der Waals surface area contributed by atoms with Gasteiger partial charge in [0.15, 0.2) is 0 Å². The molecule has 1 aliphatic rings. The predicted octanol–water partition coefficient (Wildman–Crippen LogP) is 3.91. The Balaban J connectivity index is 2.02. The van der Waals surface area contributed by atoms with Crippen LogP contribution >= 0.6 is 0 Å².